The summed E-state index contributed by atoms with van der Waals surface area (Å²) in [5.74, 6) is -0.0291. The van der Waals surface area contributed by atoms with Crippen LogP contribution in [0.25, 0.3) is 0 Å². The van der Waals surface area contributed by atoms with Gasteiger partial charge in [-0.2, -0.15) is 5.26 Å². The number of fused-ring (bicyclic) bond motifs is 1. The maximum absolute atomic E-state index is 13.0. The molecule has 160 valence electrons. The van der Waals surface area contributed by atoms with Crippen LogP contribution in [-0.2, 0) is 9.59 Å². The molecule has 8 nitrogen and oxygen atoms in total. The molecule has 2 atom stereocenters. The quantitative estimate of drug-likeness (QED) is 0.656. The third-order valence-electron chi connectivity index (χ3n) is 5.85. The Balaban J connectivity index is 1.51. The number of piperazine rings is 1. The van der Waals surface area contributed by atoms with Crippen LogP contribution in [0.2, 0.25) is 0 Å². The molecule has 0 unspecified atom stereocenters. The lowest BCUT2D eigenvalue weighted by atomic mass is 9.95. The lowest BCUT2D eigenvalue weighted by Gasteiger charge is -2.35. The number of hydrogen-bond donors (Lipinski definition) is 3. The molecule has 0 saturated carbocycles. The maximum Gasteiger partial charge on any atom is 0.248 e. The molecule has 0 aromatic heterocycles. The Morgan fingerprint density at radius 2 is 1.97 bits per heavy atom. The summed E-state index contributed by atoms with van der Waals surface area (Å²) < 4.78 is 0. The summed E-state index contributed by atoms with van der Waals surface area (Å²) in [6.45, 7) is 3.30. The molecule has 2 heterocycles. The third-order valence-corrected chi connectivity index (χ3v) is 5.85. The number of nitriles is 1. The van der Waals surface area contributed by atoms with Crippen LogP contribution in [0.4, 0.5) is 11.4 Å². The second kappa shape index (κ2) is 9.16. The molecule has 31 heavy (non-hydrogen) atoms. The van der Waals surface area contributed by atoms with Gasteiger partial charge in [0.15, 0.2) is 0 Å². The highest BCUT2D eigenvalue weighted by Crippen LogP contribution is 2.33. The van der Waals surface area contributed by atoms with Gasteiger partial charge in [-0.25, -0.2) is 0 Å². The highest BCUT2D eigenvalue weighted by molar-refractivity contribution is 6.04. The second-order valence-corrected chi connectivity index (χ2v) is 7.89. The number of rotatable bonds is 6. The van der Waals surface area contributed by atoms with E-state index < -0.39 is 6.04 Å². The Bertz CT molecular complexity index is 1000. The number of carbonyl (C=O) groups excluding carboxylic acids is 2. The first-order valence-electron chi connectivity index (χ1n) is 10.4. The lowest BCUT2D eigenvalue weighted by Crippen LogP contribution is -2.52. The summed E-state index contributed by atoms with van der Waals surface area (Å²) in [4.78, 5) is 28.8. The minimum absolute atomic E-state index is 0.125. The first-order chi connectivity index (χ1) is 15.1. The van der Waals surface area contributed by atoms with Gasteiger partial charge in [0.1, 0.15) is 12.1 Å². The first kappa shape index (κ1) is 20.8. The summed E-state index contributed by atoms with van der Waals surface area (Å²) in [5, 5.41) is 19.2. The molecule has 1 fully saturated rings. The van der Waals surface area contributed by atoms with E-state index in [0.29, 0.717) is 36.6 Å². The van der Waals surface area contributed by atoms with Gasteiger partial charge in [0.05, 0.1) is 29.5 Å². The molecule has 3 N–H and O–H groups in total. The van der Waals surface area contributed by atoms with Crippen molar-refractivity contribution < 1.29 is 9.59 Å². The zero-order chi connectivity index (χ0) is 21.8. The summed E-state index contributed by atoms with van der Waals surface area (Å²) in [5.41, 5.74) is 2.72. The molecule has 0 radical (unpaired) electrons. The normalized spacial score (nSPS) is 19.7. The fourth-order valence-electron chi connectivity index (χ4n) is 4.04. The summed E-state index contributed by atoms with van der Waals surface area (Å²) in [7, 11) is 1.82. The Morgan fingerprint density at radius 1 is 1.16 bits per heavy atom. The van der Waals surface area contributed by atoms with Crippen LogP contribution in [0.5, 0.6) is 0 Å². The van der Waals surface area contributed by atoms with E-state index in [-0.39, 0.29) is 17.9 Å². The molecule has 2 aromatic carbocycles. The average molecular weight is 419 g/mol. The van der Waals surface area contributed by atoms with Crippen molar-refractivity contribution >= 4 is 23.2 Å². The average Bonchev–Trinajstić information content (AvgIpc) is 2.79. The number of nitrogens with one attached hydrogen (secondary N) is 3. The zero-order valence-electron chi connectivity index (χ0n) is 17.5. The van der Waals surface area contributed by atoms with Gasteiger partial charge in [0.2, 0.25) is 11.8 Å². The standard InChI is InChI=1S/C23H26N6O2/c1-28-12-13-29(15-19(28)30)11-10-25-21(16-6-3-2-4-7-16)22-23(31)26-18-9-5-8-17(14-24)20(18)27-22/h2-9,21-22,25,27H,10-13,15H2,1H3,(H,26,31)/t21-,22+/m1/s1. The Kier molecular flexibility index (Phi) is 6.16. The van der Waals surface area contributed by atoms with E-state index in [0.717, 1.165) is 18.7 Å². The molecule has 0 bridgehead atoms. The van der Waals surface area contributed by atoms with Crippen molar-refractivity contribution in [1.82, 2.24) is 15.1 Å². The third kappa shape index (κ3) is 4.53. The molecule has 2 amide bonds. The molecule has 0 spiro atoms. The van der Waals surface area contributed by atoms with Crippen LogP contribution in [0.1, 0.15) is 17.2 Å². The highest BCUT2D eigenvalue weighted by atomic mass is 16.2. The smallest absolute Gasteiger partial charge is 0.248 e. The number of likely N-dealkylation sites (N-methyl/N-ethyl adjacent to an activating group) is 1. The van der Waals surface area contributed by atoms with Crippen molar-refractivity contribution in [2.75, 3.05) is 50.4 Å². The van der Waals surface area contributed by atoms with Gasteiger partial charge in [-0.05, 0) is 17.7 Å². The van der Waals surface area contributed by atoms with Crippen LogP contribution in [0, 0.1) is 11.3 Å². The number of hydrogen-bond acceptors (Lipinski definition) is 6. The van der Waals surface area contributed by atoms with Gasteiger partial charge in [0.25, 0.3) is 0 Å². The number of carbonyl (C=O) groups is 2. The van der Waals surface area contributed by atoms with Crippen molar-refractivity contribution in [1.29, 1.82) is 5.26 Å². The number of para-hydroxylation sites is 1. The van der Waals surface area contributed by atoms with E-state index in [9.17, 15) is 14.9 Å². The molecular weight excluding hydrogens is 392 g/mol. The van der Waals surface area contributed by atoms with Gasteiger partial charge in [-0.1, -0.05) is 36.4 Å². The fraction of sp³-hybridized carbons (Fsp3) is 0.348. The van der Waals surface area contributed by atoms with E-state index >= 15 is 0 Å². The van der Waals surface area contributed by atoms with Crippen molar-refractivity contribution in [3.05, 3.63) is 59.7 Å². The van der Waals surface area contributed by atoms with E-state index in [2.05, 4.69) is 26.9 Å². The molecule has 1 saturated heterocycles. The maximum atomic E-state index is 13.0. The van der Waals surface area contributed by atoms with Crippen molar-refractivity contribution in [3.63, 3.8) is 0 Å². The van der Waals surface area contributed by atoms with E-state index in [4.69, 9.17) is 0 Å². The molecule has 8 heteroatoms. The molecule has 2 aliphatic rings. The fourth-order valence-corrected chi connectivity index (χ4v) is 4.04. The van der Waals surface area contributed by atoms with Gasteiger partial charge in [-0.3, -0.25) is 14.5 Å². The van der Waals surface area contributed by atoms with Crippen molar-refractivity contribution in [2.45, 2.75) is 12.1 Å². The van der Waals surface area contributed by atoms with E-state index in [1.54, 1.807) is 23.1 Å². The molecular formula is C23H26N6O2. The lowest BCUT2D eigenvalue weighted by molar-refractivity contribution is -0.134. The predicted molar refractivity (Wildman–Crippen MR) is 118 cm³/mol. The van der Waals surface area contributed by atoms with Gasteiger partial charge < -0.3 is 20.9 Å². The van der Waals surface area contributed by atoms with Crippen LogP contribution in [0.3, 0.4) is 0 Å². The molecule has 2 aliphatic heterocycles. The summed E-state index contributed by atoms with van der Waals surface area (Å²) in [6.07, 6.45) is 0. The largest absolute Gasteiger partial charge is 0.369 e. The van der Waals surface area contributed by atoms with Crippen LogP contribution >= 0.6 is 0 Å². The molecule has 4 rings (SSSR count). The van der Waals surface area contributed by atoms with Gasteiger partial charge >= 0.3 is 0 Å². The first-order valence-corrected chi connectivity index (χ1v) is 10.4. The van der Waals surface area contributed by atoms with Gasteiger partial charge in [0, 0.05) is 33.2 Å². The van der Waals surface area contributed by atoms with Gasteiger partial charge in [-0.15, -0.1) is 0 Å². The number of nitrogens with zero attached hydrogens (tertiary/aromatic N) is 3. The minimum Gasteiger partial charge on any atom is -0.369 e. The number of benzene rings is 2. The second-order valence-electron chi connectivity index (χ2n) is 7.89. The van der Waals surface area contributed by atoms with Crippen molar-refractivity contribution in [3.8, 4) is 6.07 Å². The topological polar surface area (TPSA) is 100 Å². The Labute approximate surface area is 181 Å². The van der Waals surface area contributed by atoms with Crippen LogP contribution in [-0.4, -0.2) is 67.4 Å². The molecule has 2 aromatic rings. The van der Waals surface area contributed by atoms with Crippen LogP contribution < -0.4 is 16.0 Å². The number of anilines is 2. The van der Waals surface area contributed by atoms with Crippen molar-refractivity contribution in [2.24, 2.45) is 0 Å². The monoisotopic (exact) mass is 418 g/mol. The Hall–Kier alpha value is -3.41. The predicted octanol–water partition coefficient (Wildman–Crippen LogP) is 1.40. The van der Waals surface area contributed by atoms with E-state index in [1.807, 2.05) is 37.4 Å². The summed E-state index contributed by atoms with van der Waals surface area (Å²) >= 11 is 0. The molecule has 0 aliphatic carbocycles. The highest BCUT2D eigenvalue weighted by Gasteiger charge is 2.34. The van der Waals surface area contributed by atoms with Crippen LogP contribution in [0.15, 0.2) is 48.5 Å². The van der Waals surface area contributed by atoms with E-state index in [1.165, 1.54) is 0 Å². The zero-order valence-corrected chi connectivity index (χ0v) is 17.5. The summed E-state index contributed by atoms with van der Waals surface area (Å²) in [6, 6.07) is 16.4. The minimum atomic E-state index is -0.585. The Morgan fingerprint density at radius 3 is 2.71 bits per heavy atom. The SMILES string of the molecule is CN1CCN(CCN[C@H](c2ccccc2)[C@@H]2Nc3c(C#N)cccc3NC2=O)CC1=O. The number of amides is 2.